The van der Waals surface area contributed by atoms with Crippen molar-refractivity contribution in [2.75, 3.05) is 31.6 Å². The van der Waals surface area contributed by atoms with Crippen molar-refractivity contribution < 1.29 is 23.4 Å². The highest BCUT2D eigenvalue weighted by Crippen LogP contribution is 2.23. The number of aliphatic hydroxyl groups excluding tert-OH is 1. The fourth-order valence-electron chi connectivity index (χ4n) is 3.05. The van der Waals surface area contributed by atoms with Gasteiger partial charge in [-0.3, -0.25) is 4.79 Å². The van der Waals surface area contributed by atoms with E-state index in [-0.39, 0.29) is 18.3 Å². The molecule has 0 saturated carbocycles. The third-order valence-corrected chi connectivity index (χ3v) is 5.45. The topological polar surface area (TPSA) is 94.9 Å². The van der Waals surface area contributed by atoms with Crippen LogP contribution >= 0.6 is 0 Å². The lowest BCUT2D eigenvalue weighted by Gasteiger charge is -2.34. The van der Waals surface area contributed by atoms with Crippen LogP contribution < -0.4 is 0 Å². The number of piperidine rings is 1. The Kier molecular flexibility index (Phi) is 9.70. The quantitative estimate of drug-likeness (QED) is 0.704. The molecule has 1 heterocycles. The van der Waals surface area contributed by atoms with E-state index in [0.29, 0.717) is 12.5 Å². The van der Waals surface area contributed by atoms with Crippen LogP contribution in [0.2, 0.25) is 0 Å². The predicted molar refractivity (Wildman–Crippen MR) is 98.3 cm³/mol. The molecule has 1 aromatic carbocycles. The number of aliphatic hydroxyl groups is 1. The second-order valence-electron chi connectivity index (χ2n) is 6.51. The second kappa shape index (κ2) is 11.2. The fraction of sp³-hybridized carbons (Fsp3) is 0.611. The first kappa shape index (κ1) is 21.6. The highest BCUT2D eigenvalue weighted by molar-refractivity contribution is 7.90. The summed E-state index contributed by atoms with van der Waals surface area (Å²) >= 11 is 0. The number of hydrogen-bond acceptors (Lipinski definition) is 5. The number of hydrogen-bond donors (Lipinski definition) is 2. The van der Waals surface area contributed by atoms with E-state index in [1.807, 2.05) is 18.2 Å². The van der Waals surface area contributed by atoms with Crippen LogP contribution in [0.4, 0.5) is 0 Å². The van der Waals surface area contributed by atoms with Crippen molar-refractivity contribution >= 4 is 16.3 Å². The summed E-state index contributed by atoms with van der Waals surface area (Å²) in [6.07, 6.45) is 4.66. The van der Waals surface area contributed by atoms with E-state index < -0.39 is 9.84 Å². The highest BCUT2D eigenvalue weighted by atomic mass is 32.2. The van der Waals surface area contributed by atoms with Crippen LogP contribution in [0, 0.1) is 5.92 Å². The first-order chi connectivity index (χ1) is 11.9. The van der Waals surface area contributed by atoms with Gasteiger partial charge in [0.15, 0.2) is 0 Å². The van der Waals surface area contributed by atoms with Gasteiger partial charge in [0.1, 0.15) is 9.84 Å². The molecule has 142 valence electrons. The molecule has 1 fully saturated rings. The van der Waals surface area contributed by atoms with Gasteiger partial charge in [0.2, 0.25) is 0 Å². The number of carbonyl (C=O) groups is 1. The maximum atomic E-state index is 11.2. The molecule has 0 amide bonds. The summed E-state index contributed by atoms with van der Waals surface area (Å²) in [7, 11) is -2.88. The smallest absolute Gasteiger partial charge is 0.290 e. The molecule has 1 aromatic rings. The summed E-state index contributed by atoms with van der Waals surface area (Å²) in [5.74, 6) is 0.576. The largest absolute Gasteiger partial charge is 0.483 e. The lowest BCUT2D eigenvalue weighted by Crippen LogP contribution is -2.40. The summed E-state index contributed by atoms with van der Waals surface area (Å²) in [4.78, 5) is 10.6. The Hall–Kier alpha value is -1.44. The average molecular weight is 371 g/mol. The van der Waals surface area contributed by atoms with E-state index in [0.717, 1.165) is 38.8 Å². The van der Waals surface area contributed by atoms with Gasteiger partial charge in [0.25, 0.3) is 6.47 Å². The van der Waals surface area contributed by atoms with Crippen molar-refractivity contribution in [1.82, 2.24) is 4.90 Å². The minimum absolute atomic E-state index is 0.230. The minimum Gasteiger partial charge on any atom is -0.483 e. The monoisotopic (exact) mass is 371 g/mol. The Balaban J connectivity index is 0.000000970. The maximum absolute atomic E-state index is 11.2. The van der Waals surface area contributed by atoms with E-state index in [2.05, 4.69) is 17.0 Å². The van der Waals surface area contributed by atoms with Gasteiger partial charge in [-0.15, -0.1) is 0 Å². The molecule has 0 aliphatic carbocycles. The highest BCUT2D eigenvalue weighted by Gasteiger charge is 2.25. The molecule has 1 atom stereocenters. The van der Waals surface area contributed by atoms with Crippen molar-refractivity contribution in [2.24, 2.45) is 5.92 Å². The molecule has 0 bridgehead atoms. The van der Waals surface area contributed by atoms with Crippen molar-refractivity contribution in [1.29, 1.82) is 0 Å². The molecule has 2 rings (SSSR count). The molecule has 1 saturated heterocycles. The Morgan fingerprint density at radius 3 is 2.32 bits per heavy atom. The van der Waals surface area contributed by atoms with Gasteiger partial charge in [-0.25, -0.2) is 8.42 Å². The van der Waals surface area contributed by atoms with E-state index in [1.165, 1.54) is 11.8 Å². The van der Waals surface area contributed by atoms with Crippen molar-refractivity contribution in [2.45, 2.75) is 31.8 Å². The van der Waals surface area contributed by atoms with Gasteiger partial charge < -0.3 is 15.1 Å². The van der Waals surface area contributed by atoms with Gasteiger partial charge in [-0.1, -0.05) is 30.3 Å². The fourth-order valence-corrected chi connectivity index (χ4v) is 3.64. The van der Waals surface area contributed by atoms with Gasteiger partial charge in [0, 0.05) is 12.8 Å². The lowest BCUT2D eigenvalue weighted by atomic mass is 9.88. The van der Waals surface area contributed by atoms with Gasteiger partial charge >= 0.3 is 0 Å². The van der Waals surface area contributed by atoms with Crippen LogP contribution in [0.1, 0.15) is 24.8 Å². The molecule has 0 radical (unpaired) electrons. The summed E-state index contributed by atoms with van der Waals surface area (Å²) in [5, 5.41) is 17.3. The summed E-state index contributed by atoms with van der Waals surface area (Å²) in [6.45, 7) is 2.15. The van der Waals surface area contributed by atoms with Crippen molar-refractivity contribution in [3.63, 3.8) is 0 Å². The zero-order chi connectivity index (χ0) is 18.7. The zero-order valence-corrected chi connectivity index (χ0v) is 15.6. The molecular formula is C18H29NO5S. The second-order valence-corrected chi connectivity index (χ2v) is 8.77. The van der Waals surface area contributed by atoms with Gasteiger partial charge in [-0.05, 0) is 50.3 Å². The van der Waals surface area contributed by atoms with E-state index in [1.54, 1.807) is 0 Å². The summed E-state index contributed by atoms with van der Waals surface area (Å²) < 4.78 is 22.4. The van der Waals surface area contributed by atoms with E-state index in [9.17, 15) is 13.5 Å². The number of rotatable bonds is 7. The number of aryl methyl sites for hydroxylation is 1. The van der Waals surface area contributed by atoms with Gasteiger partial charge in [0.05, 0.1) is 11.9 Å². The van der Waals surface area contributed by atoms with E-state index in [4.69, 9.17) is 9.90 Å². The number of nitrogens with zero attached hydrogens (tertiary/aromatic N) is 1. The molecular weight excluding hydrogens is 342 g/mol. The predicted octanol–water partition coefficient (Wildman–Crippen LogP) is 1.44. The summed E-state index contributed by atoms with van der Waals surface area (Å²) in [5.41, 5.74) is 1.27. The number of benzene rings is 1. The standard InChI is InChI=1S/C17H27NO3S.CH2O2/c1-22(20,21)14-13-18-11-9-16(10-12-18)17(19)8-7-15-5-3-2-4-6-15;2-1-3/h2-6,16-17,19H,7-14H2,1H3;1H,(H,2,3). The number of likely N-dealkylation sites (tertiary alicyclic amines) is 1. The van der Waals surface area contributed by atoms with Crippen LogP contribution in [0.15, 0.2) is 30.3 Å². The SMILES string of the molecule is CS(=O)(=O)CCN1CCC(C(O)CCc2ccccc2)CC1.O=CO. The van der Waals surface area contributed by atoms with Crippen LogP contribution in [0.3, 0.4) is 0 Å². The Bertz CT molecular complexity index is 583. The third-order valence-electron chi connectivity index (χ3n) is 4.53. The maximum Gasteiger partial charge on any atom is 0.290 e. The molecule has 0 spiro atoms. The van der Waals surface area contributed by atoms with Crippen LogP contribution in [0.5, 0.6) is 0 Å². The first-order valence-electron chi connectivity index (χ1n) is 8.55. The van der Waals surface area contributed by atoms with Crippen LogP contribution in [-0.4, -0.2) is 67.7 Å². The van der Waals surface area contributed by atoms with E-state index >= 15 is 0 Å². The number of carboxylic acid groups (broad SMARTS) is 1. The molecule has 2 N–H and O–H groups in total. The normalized spacial score (nSPS) is 17.4. The molecule has 1 aliphatic rings. The van der Waals surface area contributed by atoms with Crippen molar-refractivity contribution in [3.8, 4) is 0 Å². The molecule has 0 aromatic heterocycles. The Morgan fingerprint density at radius 1 is 1.24 bits per heavy atom. The van der Waals surface area contributed by atoms with Crippen LogP contribution in [-0.2, 0) is 21.1 Å². The zero-order valence-electron chi connectivity index (χ0n) is 14.8. The van der Waals surface area contributed by atoms with Crippen molar-refractivity contribution in [3.05, 3.63) is 35.9 Å². The first-order valence-corrected chi connectivity index (χ1v) is 10.6. The van der Waals surface area contributed by atoms with Gasteiger partial charge in [-0.2, -0.15) is 0 Å². The molecule has 6 nitrogen and oxygen atoms in total. The average Bonchev–Trinajstić information content (AvgIpc) is 2.59. The molecule has 25 heavy (non-hydrogen) atoms. The van der Waals surface area contributed by atoms with Crippen LogP contribution in [0.25, 0.3) is 0 Å². The number of sulfone groups is 1. The minimum atomic E-state index is -2.88. The molecule has 1 unspecified atom stereocenters. The molecule has 1 aliphatic heterocycles. The Labute approximate surface area is 150 Å². The third kappa shape index (κ3) is 9.57. The Morgan fingerprint density at radius 2 is 1.80 bits per heavy atom. The lowest BCUT2D eigenvalue weighted by molar-refractivity contribution is -0.122. The summed E-state index contributed by atoms with van der Waals surface area (Å²) in [6, 6.07) is 10.3. The molecule has 7 heteroatoms.